The summed E-state index contributed by atoms with van der Waals surface area (Å²) >= 11 is 0. The van der Waals surface area contributed by atoms with Crippen molar-refractivity contribution in [2.45, 2.75) is 39.0 Å². The minimum Gasteiger partial charge on any atom is -0.312 e. The molecule has 1 aromatic rings. The Labute approximate surface area is 97.3 Å². The number of rotatable bonds is 2. The second kappa shape index (κ2) is 4.69. The molecular formula is C14H19NO. The Kier molecular flexibility index (Phi) is 3.28. The quantitative estimate of drug-likeness (QED) is 0.744. The Morgan fingerprint density at radius 2 is 1.94 bits per heavy atom. The highest BCUT2D eigenvalue weighted by Crippen LogP contribution is 2.29. The van der Waals surface area contributed by atoms with Crippen molar-refractivity contribution < 1.29 is 4.79 Å². The van der Waals surface area contributed by atoms with E-state index < -0.39 is 0 Å². The maximum atomic E-state index is 11.9. The molecule has 1 aliphatic heterocycles. The molecule has 2 nitrogen and oxygen atoms in total. The first-order valence-corrected chi connectivity index (χ1v) is 6.09. The second-order valence-corrected chi connectivity index (χ2v) is 4.72. The molecule has 86 valence electrons. The van der Waals surface area contributed by atoms with Crippen LogP contribution in [0.3, 0.4) is 0 Å². The van der Waals surface area contributed by atoms with Gasteiger partial charge in [0.05, 0.1) is 0 Å². The molecule has 0 atom stereocenters. The molecule has 0 radical (unpaired) electrons. The molecule has 1 fully saturated rings. The lowest BCUT2D eigenvalue weighted by molar-refractivity contribution is -0.119. The predicted molar refractivity (Wildman–Crippen MR) is 66.7 cm³/mol. The number of hydrogen-bond acceptors (Lipinski definition) is 1. The van der Waals surface area contributed by atoms with E-state index in [1.807, 2.05) is 17.0 Å². The highest BCUT2D eigenvalue weighted by atomic mass is 16.2. The molecular weight excluding hydrogens is 198 g/mol. The van der Waals surface area contributed by atoms with Crippen LogP contribution >= 0.6 is 0 Å². The number of para-hydroxylation sites is 1. The van der Waals surface area contributed by atoms with E-state index in [-0.39, 0.29) is 5.91 Å². The number of amides is 1. The number of anilines is 1. The third-order valence-corrected chi connectivity index (χ3v) is 3.17. The molecule has 0 aliphatic carbocycles. The standard InChI is InChI=1S/C14H19NO/c1-11(2)12-7-3-4-8-13(12)15-10-6-5-9-14(15)16/h3-4,7-8,11H,5-6,9-10H2,1-2H3. The van der Waals surface area contributed by atoms with Crippen LogP contribution in [0.2, 0.25) is 0 Å². The smallest absolute Gasteiger partial charge is 0.226 e. The van der Waals surface area contributed by atoms with E-state index in [1.165, 1.54) is 5.56 Å². The topological polar surface area (TPSA) is 20.3 Å². The predicted octanol–water partition coefficient (Wildman–Crippen LogP) is 3.33. The summed E-state index contributed by atoms with van der Waals surface area (Å²) in [6.45, 7) is 5.23. The molecule has 0 unspecified atom stereocenters. The highest BCUT2D eigenvalue weighted by molar-refractivity contribution is 5.94. The average Bonchev–Trinajstić information content (AvgIpc) is 2.29. The van der Waals surface area contributed by atoms with Crippen LogP contribution in [0.1, 0.15) is 44.6 Å². The van der Waals surface area contributed by atoms with E-state index in [9.17, 15) is 4.79 Å². The van der Waals surface area contributed by atoms with E-state index in [4.69, 9.17) is 0 Å². The zero-order valence-electron chi connectivity index (χ0n) is 10.1. The summed E-state index contributed by atoms with van der Waals surface area (Å²) in [6, 6.07) is 8.26. The Balaban J connectivity index is 2.34. The van der Waals surface area contributed by atoms with E-state index in [0.29, 0.717) is 12.3 Å². The van der Waals surface area contributed by atoms with Crippen molar-refractivity contribution in [2.75, 3.05) is 11.4 Å². The lowest BCUT2D eigenvalue weighted by Gasteiger charge is -2.29. The molecule has 0 aromatic heterocycles. The van der Waals surface area contributed by atoms with Crippen LogP contribution in [0.25, 0.3) is 0 Å². The molecule has 2 rings (SSSR count). The van der Waals surface area contributed by atoms with Gasteiger partial charge in [0.1, 0.15) is 0 Å². The fourth-order valence-electron chi connectivity index (χ4n) is 2.28. The van der Waals surface area contributed by atoms with Gasteiger partial charge in [-0.05, 0) is 30.4 Å². The molecule has 16 heavy (non-hydrogen) atoms. The number of hydrogen-bond donors (Lipinski definition) is 0. The van der Waals surface area contributed by atoms with Gasteiger partial charge in [0.15, 0.2) is 0 Å². The number of nitrogens with zero attached hydrogens (tertiary/aromatic N) is 1. The van der Waals surface area contributed by atoms with Crippen molar-refractivity contribution in [3.8, 4) is 0 Å². The SMILES string of the molecule is CC(C)c1ccccc1N1CCCCC1=O. The lowest BCUT2D eigenvalue weighted by Crippen LogP contribution is -2.35. The summed E-state index contributed by atoms with van der Waals surface area (Å²) in [5, 5.41) is 0. The number of benzene rings is 1. The molecule has 0 N–H and O–H groups in total. The van der Waals surface area contributed by atoms with Crippen LogP contribution in [0, 0.1) is 0 Å². The normalized spacial score (nSPS) is 16.9. The summed E-state index contributed by atoms with van der Waals surface area (Å²) in [4.78, 5) is 13.9. The summed E-state index contributed by atoms with van der Waals surface area (Å²) in [5.74, 6) is 0.741. The van der Waals surface area contributed by atoms with Gasteiger partial charge in [-0.1, -0.05) is 32.0 Å². The van der Waals surface area contributed by atoms with Crippen molar-refractivity contribution >= 4 is 11.6 Å². The van der Waals surface area contributed by atoms with Gasteiger partial charge in [-0.25, -0.2) is 0 Å². The van der Waals surface area contributed by atoms with Gasteiger partial charge in [-0.15, -0.1) is 0 Å². The van der Waals surface area contributed by atoms with Crippen molar-refractivity contribution in [3.63, 3.8) is 0 Å². The molecule has 2 heteroatoms. The minimum absolute atomic E-state index is 0.277. The van der Waals surface area contributed by atoms with Gasteiger partial charge in [0.25, 0.3) is 0 Å². The van der Waals surface area contributed by atoms with E-state index in [1.54, 1.807) is 0 Å². The van der Waals surface area contributed by atoms with Crippen LogP contribution in [0.4, 0.5) is 5.69 Å². The first kappa shape index (κ1) is 11.2. The molecule has 1 heterocycles. The van der Waals surface area contributed by atoms with Crippen molar-refractivity contribution in [2.24, 2.45) is 0 Å². The average molecular weight is 217 g/mol. The third kappa shape index (κ3) is 2.11. The van der Waals surface area contributed by atoms with E-state index in [2.05, 4.69) is 26.0 Å². The first-order chi connectivity index (χ1) is 7.70. The third-order valence-electron chi connectivity index (χ3n) is 3.17. The monoisotopic (exact) mass is 217 g/mol. The van der Waals surface area contributed by atoms with Crippen LogP contribution in [-0.4, -0.2) is 12.5 Å². The number of carbonyl (C=O) groups excluding carboxylic acids is 1. The van der Waals surface area contributed by atoms with Crippen LogP contribution in [-0.2, 0) is 4.79 Å². The zero-order valence-corrected chi connectivity index (χ0v) is 10.1. The first-order valence-electron chi connectivity index (χ1n) is 6.09. The van der Waals surface area contributed by atoms with Gasteiger partial charge in [-0.2, -0.15) is 0 Å². The molecule has 1 amide bonds. The largest absolute Gasteiger partial charge is 0.312 e. The Morgan fingerprint density at radius 3 is 2.62 bits per heavy atom. The van der Waals surface area contributed by atoms with Crippen LogP contribution < -0.4 is 4.90 Å². The van der Waals surface area contributed by atoms with Crippen LogP contribution in [0.5, 0.6) is 0 Å². The maximum Gasteiger partial charge on any atom is 0.226 e. The minimum atomic E-state index is 0.277. The van der Waals surface area contributed by atoms with Crippen molar-refractivity contribution in [1.82, 2.24) is 0 Å². The number of piperidine rings is 1. The molecule has 0 spiro atoms. The second-order valence-electron chi connectivity index (χ2n) is 4.72. The molecule has 1 aromatic carbocycles. The molecule has 1 aliphatic rings. The Hall–Kier alpha value is -1.31. The van der Waals surface area contributed by atoms with Crippen LogP contribution in [0.15, 0.2) is 24.3 Å². The summed E-state index contributed by atoms with van der Waals surface area (Å²) in [7, 11) is 0. The highest BCUT2D eigenvalue weighted by Gasteiger charge is 2.22. The van der Waals surface area contributed by atoms with Gasteiger partial charge in [0.2, 0.25) is 5.91 Å². The van der Waals surface area contributed by atoms with Gasteiger partial charge >= 0.3 is 0 Å². The van der Waals surface area contributed by atoms with Crippen molar-refractivity contribution in [1.29, 1.82) is 0 Å². The molecule has 0 saturated carbocycles. The lowest BCUT2D eigenvalue weighted by atomic mass is 9.99. The Bertz CT molecular complexity index is 384. The fraction of sp³-hybridized carbons (Fsp3) is 0.500. The summed E-state index contributed by atoms with van der Waals surface area (Å²) in [6.07, 6.45) is 2.86. The number of carbonyl (C=O) groups is 1. The van der Waals surface area contributed by atoms with Gasteiger partial charge < -0.3 is 4.90 Å². The summed E-state index contributed by atoms with van der Waals surface area (Å²) in [5.41, 5.74) is 2.39. The Morgan fingerprint density at radius 1 is 1.19 bits per heavy atom. The van der Waals surface area contributed by atoms with Gasteiger partial charge in [-0.3, -0.25) is 4.79 Å². The van der Waals surface area contributed by atoms with Crippen molar-refractivity contribution in [3.05, 3.63) is 29.8 Å². The molecule has 0 bridgehead atoms. The van der Waals surface area contributed by atoms with E-state index in [0.717, 1.165) is 25.1 Å². The zero-order chi connectivity index (χ0) is 11.5. The van der Waals surface area contributed by atoms with Gasteiger partial charge in [0, 0.05) is 18.7 Å². The fourth-order valence-corrected chi connectivity index (χ4v) is 2.28. The summed E-state index contributed by atoms with van der Waals surface area (Å²) < 4.78 is 0. The molecule has 1 saturated heterocycles. The van der Waals surface area contributed by atoms with E-state index >= 15 is 0 Å². The maximum absolute atomic E-state index is 11.9.